The van der Waals surface area contributed by atoms with E-state index in [0.717, 1.165) is 32.2 Å². The molecule has 0 amide bonds. The molecular formula is C32H26O13. The van der Waals surface area contributed by atoms with Crippen molar-refractivity contribution in [3.05, 3.63) is 74.4 Å². The van der Waals surface area contributed by atoms with Crippen LogP contribution in [0.1, 0.15) is 65.0 Å². The fraction of sp³-hybridized carbons (Fsp3) is 0.250. The number of benzene rings is 3. The quantitative estimate of drug-likeness (QED) is 0.171. The van der Waals surface area contributed by atoms with Gasteiger partial charge in [-0.15, -0.1) is 0 Å². The van der Waals surface area contributed by atoms with Crippen molar-refractivity contribution >= 4 is 23.1 Å². The predicted molar refractivity (Wildman–Crippen MR) is 152 cm³/mol. The Hall–Kier alpha value is -5.08. The standard InChI is InChI=1S/C32H26O13/c1-9-5-10-11(6-14(9)33)23(36)17-15(34)7-12(28(44-3)20(17)24(10)37)13-8-16(35)18-21(29(13)45-4)26(39)22-19(25(18)38)27(40)31(42)32(2,43)30(22)41/h5-8,27,30-31,33-35,40-43H,1-4H3/t27-,30-,31+,32-/m0/s1. The smallest absolute Gasteiger partial charge is 0.198 e. The molecule has 3 aliphatic rings. The van der Waals surface area contributed by atoms with Gasteiger partial charge in [-0.25, -0.2) is 0 Å². The fourth-order valence-corrected chi connectivity index (χ4v) is 6.37. The van der Waals surface area contributed by atoms with E-state index in [0.29, 0.717) is 5.56 Å². The highest BCUT2D eigenvalue weighted by atomic mass is 16.5. The van der Waals surface area contributed by atoms with Gasteiger partial charge >= 0.3 is 0 Å². The SMILES string of the molecule is COc1c(-c2cc(O)c3c(c2OC)C(=O)c2cc(C)c(O)cc2C3=O)cc(O)c2c1C(=O)C1=C(C2=O)[C@H](O)[C@@H](O)[C@@](C)(O)[C@H]1O. The Bertz CT molecular complexity index is 1970. The highest BCUT2D eigenvalue weighted by Gasteiger charge is 2.56. The average molecular weight is 619 g/mol. The Labute approximate surface area is 253 Å². The number of ether oxygens (including phenoxy) is 2. The average Bonchev–Trinajstić information content (AvgIpc) is 2.99. The summed E-state index contributed by atoms with van der Waals surface area (Å²) in [5.41, 5.74) is -6.10. The van der Waals surface area contributed by atoms with Crippen LogP contribution >= 0.6 is 0 Å². The second-order valence-corrected chi connectivity index (χ2v) is 11.3. The molecule has 0 aliphatic heterocycles. The van der Waals surface area contributed by atoms with E-state index in [9.17, 15) is 54.9 Å². The van der Waals surface area contributed by atoms with E-state index in [1.807, 2.05) is 0 Å². The monoisotopic (exact) mass is 618 g/mol. The normalized spacial score (nSPS) is 23.8. The van der Waals surface area contributed by atoms with Crippen molar-refractivity contribution in [3.63, 3.8) is 0 Å². The molecule has 6 rings (SSSR count). The number of Topliss-reactive ketones (excluding diaryl/α,β-unsaturated/α-hetero) is 2. The van der Waals surface area contributed by atoms with Gasteiger partial charge in [-0.3, -0.25) is 19.2 Å². The minimum Gasteiger partial charge on any atom is -0.508 e. The second kappa shape index (κ2) is 9.71. The van der Waals surface area contributed by atoms with Crippen LogP contribution in [0.3, 0.4) is 0 Å². The summed E-state index contributed by atoms with van der Waals surface area (Å²) in [5, 5.41) is 75.0. The molecule has 0 radical (unpaired) electrons. The van der Waals surface area contributed by atoms with Gasteiger partial charge in [0.1, 0.15) is 52.7 Å². The van der Waals surface area contributed by atoms with E-state index >= 15 is 0 Å². The lowest BCUT2D eigenvalue weighted by Gasteiger charge is -2.44. The maximum Gasteiger partial charge on any atom is 0.198 e. The number of methoxy groups -OCH3 is 2. The molecule has 45 heavy (non-hydrogen) atoms. The molecule has 3 aromatic carbocycles. The van der Waals surface area contributed by atoms with E-state index in [1.54, 1.807) is 0 Å². The van der Waals surface area contributed by atoms with E-state index < -0.39 is 86.4 Å². The molecule has 0 saturated heterocycles. The van der Waals surface area contributed by atoms with Crippen LogP contribution in [0.5, 0.6) is 28.7 Å². The van der Waals surface area contributed by atoms with Crippen molar-refractivity contribution in [1.82, 2.24) is 0 Å². The number of hydrogen-bond acceptors (Lipinski definition) is 13. The molecule has 0 aromatic heterocycles. The van der Waals surface area contributed by atoms with Crippen molar-refractivity contribution in [2.24, 2.45) is 0 Å². The van der Waals surface area contributed by atoms with E-state index in [-0.39, 0.29) is 45.1 Å². The van der Waals surface area contributed by atoms with Crippen LogP contribution in [0.25, 0.3) is 11.1 Å². The van der Waals surface area contributed by atoms with Gasteiger partial charge in [-0.2, -0.15) is 0 Å². The molecule has 0 fully saturated rings. The van der Waals surface area contributed by atoms with Gasteiger partial charge in [-0.05, 0) is 43.7 Å². The predicted octanol–water partition coefficient (Wildman–Crippen LogP) is 1.09. The lowest BCUT2D eigenvalue weighted by molar-refractivity contribution is -0.158. The highest BCUT2D eigenvalue weighted by Crippen LogP contribution is 2.52. The van der Waals surface area contributed by atoms with Crippen molar-refractivity contribution in [1.29, 1.82) is 0 Å². The maximum absolute atomic E-state index is 13.9. The summed E-state index contributed by atoms with van der Waals surface area (Å²) in [4.78, 5) is 54.8. The number of rotatable bonds is 3. The van der Waals surface area contributed by atoms with Crippen LogP contribution in [0.4, 0.5) is 0 Å². The van der Waals surface area contributed by atoms with Gasteiger partial charge in [0.05, 0.1) is 36.5 Å². The first-order chi connectivity index (χ1) is 21.1. The molecular weight excluding hydrogens is 592 g/mol. The zero-order valence-corrected chi connectivity index (χ0v) is 24.1. The number of aryl methyl sites for hydroxylation is 1. The summed E-state index contributed by atoms with van der Waals surface area (Å²) < 4.78 is 11.1. The van der Waals surface area contributed by atoms with Gasteiger partial charge in [0.15, 0.2) is 23.1 Å². The molecule has 4 atom stereocenters. The summed E-state index contributed by atoms with van der Waals surface area (Å²) >= 11 is 0. The van der Waals surface area contributed by atoms with Gasteiger partial charge in [0.25, 0.3) is 0 Å². The molecule has 0 spiro atoms. The Morgan fingerprint density at radius 3 is 1.58 bits per heavy atom. The number of ketones is 4. The molecule has 0 bridgehead atoms. The Morgan fingerprint density at radius 1 is 0.622 bits per heavy atom. The summed E-state index contributed by atoms with van der Waals surface area (Å²) in [6.45, 7) is 2.49. The number of fused-ring (bicyclic) bond motifs is 3. The van der Waals surface area contributed by atoms with Gasteiger partial charge in [0, 0.05) is 33.4 Å². The van der Waals surface area contributed by atoms with Crippen molar-refractivity contribution < 1.29 is 64.4 Å². The van der Waals surface area contributed by atoms with Crippen LogP contribution in [0.15, 0.2) is 35.4 Å². The molecule has 0 unspecified atom stereocenters. The van der Waals surface area contributed by atoms with Crippen LogP contribution < -0.4 is 9.47 Å². The molecule has 0 saturated carbocycles. The number of phenols is 3. The minimum absolute atomic E-state index is 0.0720. The Morgan fingerprint density at radius 2 is 1.04 bits per heavy atom. The lowest BCUT2D eigenvalue weighted by atomic mass is 9.67. The van der Waals surface area contributed by atoms with Crippen LogP contribution in [-0.2, 0) is 0 Å². The Kier molecular flexibility index (Phi) is 6.47. The number of aromatic hydroxyl groups is 3. The number of phenolic OH excluding ortho intramolecular Hbond substituents is 3. The lowest BCUT2D eigenvalue weighted by Crippen LogP contribution is -2.61. The first kappa shape index (κ1) is 30.0. The number of hydrogen-bond donors (Lipinski definition) is 7. The van der Waals surface area contributed by atoms with Crippen molar-refractivity contribution in [2.45, 2.75) is 37.8 Å². The number of aliphatic hydroxyl groups excluding tert-OH is 3. The summed E-state index contributed by atoms with van der Waals surface area (Å²) in [7, 11) is 2.30. The third kappa shape index (κ3) is 3.75. The first-order valence-corrected chi connectivity index (χ1v) is 13.5. The molecule has 232 valence electrons. The third-order valence-corrected chi connectivity index (χ3v) is 8.75. The number of carbonyl (C=O) groups is 4. The molecule has 13 nitrogen and oxygen atoms in total. The van der Waals surface area contributed by atoms with Gasteiger partial charge < -0.3 is 45.2 Å². The minimum atomic E-state index is -2.45. The molecule has 13 heteroatoms. The largest absolute Gasteiger partial charge is 0.508 e. The molecule has 3 aliphatic carbocycles. The number of carbonyl (C=O) groups excluding carboxylic acids is 4. The summed E-state index contributed by atoms with van der Waals surface area (Å²) in [6.07, 6.45) is -6.30. The van der Waals surface area contributed by atoms with Crippen LogP contribution in [-0.4, -0.2) is 97.0 Å². The van der Waals surface area contributed by atoms with Crippen LogP contribution in [0.2, 0.25) is 0 Å². The fourth-order valence-electron chi connectivity index (χ4n) is 6.37. The summed E-state index contributed by atoms with van der Waals surface area (Å²) in [5.74, 6) is -6.14. The zero-order chi connectivity index (χ0) is 33.0. The maximum atomic E-state index is 13.9. The molecule has 3 aromatic rings. The third-order valence-electron chi connectivity index (χ3n) is 8.75. The molecule has 7 N–H and O–H groups in total. The van der Waals surface area contributed by atoms with Gasteiger partial charge in [0.2, 0.25) is 0 Å². The Balaban J connectivity index is 1.63. The van der Waals surface area contributed by atoms with E-state index in [2.05, 4.69) is 0 Å². The highest BCUT2D eigenvalue weighted by molar-refractivity contribution is 6.32. The number of aliphatic hydroxyl groups is 4. The zero-order valence-electron chi connectivity index (χ0n) is 24.1. The van der Waals surface area contributed by atoms with E-state index in [1.165, 1.54) is 20.1 Å². The second-order valence-electron chi connectivity index (χ2n) is 11.3. The molecule has 0 heterocycles. The first-order valence-electron chi connectivity index (χ1n) is 13.5. The van der Waals surface area contributed by atoms with Crippen molar-refractivity contribution in [3.8, 4) is 39.9 Å². The van der Waals surface area contributed by atoms with Crippen molar-refractivity contribution in [2.75, 3.05) is 14.2 Å². The van der Waals surface area contributed by atoms with E-state index in [4.69, 9.17) is 9.47 Å². The summed E-state index contributed by atoms with van der Waals surface area (Å²) in [6, 6.07) is 4.46. The topological polar surface area (TPSA) is 228 Å². The van der Waals surface area contributed by atoms with Gasteiger partial charge in [-0.1, -0.05) is 0 Å². The van der Waals surface area contributed by atoms with Crippen LogP contribution in [0, 0.1) is 6.92 Å².